The lowest BCUT2D eigenvalue weighted by Gasteiger charge is -2.18. The first-order chi connectivity index (χ1) is 8.22. The van der Waals surface area contributed by atoms with Gasteiger partial charge in [-0.3, -0.25) is 0 Å². The van der Waals surface area contributed by atoms with Crippen molar-refractivity contribution in [3.8, 4) is 5.75 Å². The molecule has 0 amide bonds. The molecule has 0 saturated carbocycles. The molecule has 1 rings (SSSR count). The van der Waals surface area contributed by atoms with Crippen LogP contribution in [0.2, 0.25) is 0 Å². The van der Waals surface area contributed by atoms with E-state index >= 15 is 0 Å². The maximum atomic E-state index is 11.8. The van der Waals surface area contributed by atoms with Crippen molar-refractivity contribution in [1.82, 2.24) is 0 Å². The molecule has 1 aromatic carbocycles. The van der Waals surface area contributed by atoms with E-state index < -0.39 is 14.6 Å². The predicted molar refractivity (Wildman–Crippen MR) is 74.5 cm³/mol. The Morgan fingerprint density at radius 3 is 2.22 bits per heavy atom. The third-order valence-corrected chi connectivity index (χ3v) is 5.33. The van der Waals surface area contributed by atoms with Gasteiger partial charge in [-0.05, 0) is 51.5 Å². The Kier molecular flexibility index (Phi) is 4.62. The molecule has 0 aromatic heterocycles. The van der Waals surface area contributed by atoms with Crippen molar-refractivity contribution in [3.05, 3.63) is 24.3 Å². The van der Waals surface area contributed by atoms with E-state index in [1.54, 1.807) is 45.0 Å². The third kappa shape index (κ3) is 4.22. The van der Waals surface area contributed by atoms with Crippen LogP contribution in [-0.2, 0) is 9.84 Å². The molecule has 0 spiro atoms. The van der Waals surface area contributed by atoms with E-state index in [1.807, 2.05) is 0 Å². The van der Waals surface area contributed by atoms with Crippen LogP contribution in [0.15, 0.2) is 24.3 Å². The number of rotatable bonds is 5. The Morgan fingerprint density at radius 2 is 1.72 bits per heavy atom. The number of anilines is 1. The second-order valence-corrected chi connectivity index (χ2v) is 8.06. The number of hydrogen-bond acceptors (Lipinski definition) is 4. The summed E-state index contributed by atoms with van der Waals surface area (Å²) < 4.78 is 28.4. The Bertz CT molecular complexity index is 472. The van der Waals surface area contributed by atoms with Crippen LogP contribution in [0.25, 0.3) is 0 Å². The summed E-state index contributed by atoms with van der Waals surface area (Å²) >= 11 is 0. The maximum absolute atomic E-state index is 11.8. The molecule has 0 atom stereocenters. The molecule has 1 aromatic rings. The number of sulfone groups is 1. The molecule has 2 N–H and O–H groups in total. The van der Waals surface area contributed by atoms with Gasteiger partial charge in [0.15, 0.2) is 9.84 Å². The molecule has 0 aliphatic carbocycles. The van der Waals surface area contributed by atoms with Crippen molar-refractivity contribution in [2.24, 2.45) is 0 Å². The molecule has 0 aliphatic rings. The van der Waals surface area contributed by atoms with Gasteiger partial charge < -0.3 is 10.5 Å². The van der Waals surface area contributed by atoms with Crippen LogP contribution in [0, 0.1) is 0 Å². The predicted octanol–water partition coefficient (Wildman–Crippen LogP) is 2.25. The Hall–Kier alpha value is -1.23. The summed E-state index contributed by atoms with van der Waals surface area (Å²) in [6, 6.07) is 7.05. The fourth-order valence-electron chi connectivity index (χ4n) is 1.31. The average Bonchev–Trinajstić information content (AvgIpc) is 2.25. The number of hydrogen-bond donors (Lipinski definition) is 1. The van der Waals surface area contributed by atoms with Gasteiger partial charge in [-0.15, -0.1) is 0 Å². The maximum Gasteiger partial charge on any atom is 0.155 e. The number of ether oxygens (including phenoxy) is 1. The third-order valence-electron chi connectivity index (χ3n) is 2.64. The van der Waals surface area contributed by atoms with Crippen molar-refractivity contribution in [2.45, 2.75) is 31.9 Å². The van der Waals surface area contributed by atoms with Gasteiger partial charge in [0.25, 0.3) is 0 Å². The largest absolute Gasteiger partial charge is 0.494 e. The highest BCUT2D eigenvalue weighted by atomic mass is 32.2. The standard InChI is InChI=1S/C13H21NO3S/c1-13(2,3)18(15,16)10-4-9-17-12-7-5-11(14)6-8-12/h5-8H,4,9-10,14H2,1-3H3. The Labute approximate surface area is 109 Å². The van der Waals surface area contributed by atoms with Crippen LogP contribution in [-0.4, -0.2) is 25.5 Å². The monoisotopic (exact) mass is 271 g/mol. The smallest absolute Gasteiger partial charge is 0.155 e. The molecule has 102 valence electrons. The lowest BCUT2D eigenvalue weighted by atomic mass is 10.3. The van der Waals surface area contributed by atoms with Crippen molar-refractivity contribution in [1.29, 1.82) is 0 Å². The summed E-state index contributed by atoms with van der Waals surface area (Å²) in [4.78, 5) is 0. The average molecular weight is 271 g/mol. The highest BCUT2D eigenvalue weighted by molar-refractivity contribution is 7.92. The summed E-state index contributed by atoms with van der Waals surface area (Å²) in [6.07, 6.45) is 0.490. The van der Waals surface area contributed by atoms with E-state index in [9.17, 15) is 8.42 Å². The number of nitrogens with two attached hydrogens (primary N) is 1. The van der Waals surface area contributed by atoms with Gasteiger partial charge in [-0.1, -0.05) is 0 Å². The van der Waals surface area contributed by atoms with Gasteiger partial charge in [0, 0.05) is 5.69 Å². The van der Waals surface area contributed by atoms with Gasteiger partial charge in [0.2, 0.25) is 0 Å². The fourth-order valence-corrected chi connectivity index (χ4v) is 2.42. The van der Waals surface area contributed by atoms with Gasteiger partial charge in [0.05, 0.1) is 17.1 Å². The molecular formula is C13H21NO3S. The summed E-state index contributed by atoms with van der Waals surface area (Å²) in [7, 11) is -3.06. The van der Waals surface area contributed by atoms with Crippen molar-refractivity contribution in [3.63, 3.8) is 0 Å². The molecule has 0 bridgehead atoms. The van der Waals surface area contributed by atoms with Crippen LogP contribution in [0.3, 0.4) is 0 Å². The van der Waals surface area contributed by atoms with Crippen molar-refractivity contribution >= 4 is 15.5 Å². The van der Waals surface area contributed by atoms with E-state index in [-0.39, 0.29) is 5.75 Å². The molecular weight excluding hydrogens is 250 g/mol. The summed E-state index contributed by atoms with van der Waals surface area (Å²) in [5.74, 6) is 0.850. The minimum atomic E-state index is -3.06. The fraction of sp³-hybridized carbons (Fsp3) is 0.538. The van der Waals surface area contributed by atoms with E-state index in [0.717, 1.165) is 0 Å². The molecule has 0 heterocycles. The van der Waals surface area contributed by atoms with Gasteiger partial charge in [-0.25, -0.2) is 8.42 Å². The first kappa shape index (κ1) is 14.8. The molecule has 0 aliphatic heterocycles. The van der Waals surface area contributed by atoms with E-state index in [4.69, 9.17) is 10.5 Å². The van der Waals surface area contributed by atoms with Gasteiger partial charge in [-0.2, -0.15) is 0 Å². The molecule has 0 radical (unpaired) electrons. The van der Waals surface area contributed by atoms with E-state index in [0.29, 0.717) is 24.5 Å². The zero-order valence-corrected chi connectivity index (χ0v) is 12.0. The SMILES string of the molecule is CC(C)(C)S(=O)(=O)CCCOc1ccc(N)cc1. The minimum absolute atomic E-state index is 0.144. The van der Waals surface area contributed by atoms with E-state index in [1.165, 1.54) is 0 Å². The van der Waals surface area contributed by atoms with Crippen molar-refractivity contribution in [2.75, 3.05) is 18.1 Å². The summed E-state index contributed by atoms with van der Waals surface area (Å²) in [5, 5.41) is 0. The number of nitrogen functional groups attached to an aromatic ring is 1. The lowest BCUT2D eigenvalue weighted by Crippen LogP contribution is -2.30. The van der Waals surface area contributed by atoms with Gasteiger partial charge in [0.1, 0.15) is 5.75 Å². The Morgan fingerprint density at radius 1 is 1.17 bits per heavy atom. The highest BCUT2D eigenvalue weighted by Gasteiger charge is 2.28. The van der Waals surface area contributed by atoms with E-state index in [2.05, 4.69) is 0 Å². The van der Waals surface area contributed by atoms with Crippen LogP contribution >= 0.6 is 0 Å². The molecule has 0 fully saturated rings. The van der Waals surface area contributed by atoms with Crippen LogP contribution < -0.4 is 10.5 Å². The first-order valence-corrected chi connectivity index (χ1v) is 7.58. The number of benzene rings is 1. The van der Waals surface area contributed by atoms with Crippen LogP contribution in [0.4, 0.5) is 5.69 Å². The van der Waals surface area contributed by atoms with Crippen molar-refractivity contribution < 1.29 is 13.2 Å². The Balaban J connectivity index is 2.38. The normalized spacial score (nSPS) is 12.4. The quantitative estimate of drug-likeness (QED) is 0.658. The molecule has 0 saturated heterocycles. The summed E-state index contributed by atoms with van der Waals surface area (Å²) in [5.41, 5.74) is 6.23. The van der Waals surface area contributed by atoms with Crippen LogP contribution in [0.5, 0.6) is 5.75 Å². The van der Waals surface area contributed by atoms with Crippen LogP contribution in [0.1, 0.15) is 27.2 Å². The zero-order chi connectivity index (χ0) is 13.8. The molecule has 4 nitrogen and oxygen atoms in total. The topological polar surface area (TPSA) is 69.4 Å². The summed E-state index contributed by atoms with van der Waals surface area (Å²) in [6.45, 7) is 5.52. The second-order valence-electron chi connectivity index (χ2n) is 5.20. The first-order valence-electron chi connectivity index (χ1n) is 5.93. The molecule has 18 heavy (non-hydrogen) atoms. The van der Waals surface area contributed by atoms with Gasteiger partial charge >= 0.3 is 0 Å². The highest BCUT2D eigenvalue weighted by Crippen LogP contribution is 2.17. The lowest BCUT2D eigenvalue weighted by molar-refractivity contribution is 0.317. The minimum Gasteiger partial charge on any atom is -0.494 e. The second kappa shape index (κ2) is 5.61. The molecule has 5 heteroatoms. The molecule has 0 unspecified atom stereocenters. The zero-order valence-electron chi connectivity index (χ0n) is 11.1.